The summed E-state index contributed by atoms with van der Waals surface area (Å²) >= 11 is 0. The Morgan fingerprint density at radius 2 is 1.74 bits per heavy atom. The molecule has 2 N–H and O–H groups in total. The Morgan fingerprint density at radius 3 is 2.41 bits per heavy atom. The Bertz CT molecular complexity index is 1600. The van der Waals surface area contributed by atoms with Crippen molar-refractivity contribution in [3.63, 3.8) is 0 Å². The molecule has 1 fully saturated rings. The van der Waals surface area contributed by atoms with Crippen molar-refractivity contribution in [1.82, 2.24) is 9.88 Å². The second-order valence-electron chi connectivity index (χ2n) is 9.58. The lowest BCUT2D eigenvalue weighted by Crippen LogP contribution is -2.38. The van der Waals surface area contributed by atoms with Crippen LogP contribution in [0.15, 0.2) is 66.7 Å². The molecule has 1 saturated heterocycles. The number of aromatic hydroxyl groups is 1. The maximum absolute atomic E-state index is 14.3. The third-order valence-corrected chi connectivity index (χ3v) is 6.98. The first-order chi connectivity index (χ1) is 18.7. The molecule has 198 valence electrons. The molecule has 1 aliphatic rings. The fourth-order valence-electron chi connectivity index (χ4n) is 4.95. The predicted molar refractivity (Wildman–Crippen MR) is 143 cm³/mol. The fourth-order valence-corrected chi connectivity index (χ4v) is 4.95. The summed E-state index contributed by atoms with van der Waals surface area (Å²) in [6.45, 7) is 2.67. The molecule has 1 aliphatic heterocycles. The number of hydrogen-bond donors (Lipinski definition) is 2. The smallest absolute Gasteiger partial charge is 0.272 e. The number of phenols is 1. The van der Waals surface area contributed by atoms with E-state index in [9.17, 15) is 29.2 Å². The molecular formula is C29H25FN4O5. The number of pyridine rings is 1. The Balaban J connectivity index is 1.22. The topological polar surface area (TPSA) is 126 Å². The van der Waals surface area contributed by atoms with Crippen LogP contribution >= 0.6 is 0 Å². The number of anilines is 1. The molecule has 0 saturated carbocycles. The number of non-ortho nitro benzene ring substituents is 1. The van der Waals surface area contributed by atoms with Gasteiger partial charge in [0, 0.05) is 35.9 Å². The normalized spacial score (nSPS) is 13.8. The van der Waals surface area contributed by atoms with E-state index in [-0.39, 0.29) is 23.1 Å². The van der Waals surface area contributed by atoms with Gasteiger partial charge in [-0.05, 0) is 73.7 Å². The van der Waals surface area contributed by atoms with Crippen molar-refractivity contribution >= 4 is 34.1 Å². The Labute approximate surface area is 223 Å². The molecule has 4 aromatic rings. The second-order valence-corrected chi connectivity index (χ2v) is 9.58. The minimum Gasteiger partial charge on any atom is -0.508 e. The number of nitrogens with zero attached hydrogens (tertiary/aromatic N) is 3. The molecule has 39 heavy (non-hydrogen) atoms. The van der Waals surface area contributed by atoms with E-state index in [2.05, 4.69) is 10.3 Å². The van der Waals surface area contributed by atoms with Crippen LogP contribution in [0.25, 0.3) is 10.9 Å². The van der Waals surface area contributed by atoms with Gasteiger partial charge >= 0.3 is 0 Å². The van der Waals surface area contributed by atoms with E-state index in [0.717, 1.165) is 23.8 Å². The van der Waals surface area contributed by atoms with Crippen molar-refractivity contribution in [3.8, 4) is 5.75 Å². The number of carbonyl (C=O) groups excluding carboxylic acids is 2. The van der Waals surface area contributed by atoms with Gasteiger partial charge in [-0.15, -0.1) is 0 Å². The molecule has 2 amide bonds. The van der Waals surface area contributed by atoms with Crippen LogP contribution in [0.4, 0.5) is 15.8 Å². The second kappa shape index (κ2) is 10.5. The van der Waals surface area contributed by atoms with Crippen LogP contribution in [0.3, 0.4) is 0 Å². The van der Waals surface area contributed by atoms with Gasteiger partial charge < -0.3 is 15.3 Å². The highest BCUT2D eigenvalue weighted by molar-refractivity contribution is 6.12. The number of nitro groups is 1. The molecule has 0 atom stereocenters. The number of nitrogens with one attached hydrogen (secondary N) is 1. The van der Waals surface area contributed by atoms with Crippen LogP contribution in [0.2, 0.25) is 0 Å². The summed E-state index contributed by atoms with van der Waals surface area (Å²) in [6, 6.07) is 17.0. The van der Waals surface area contributed by atoms with Gasteiger partial charge in [0.15, 0.2) is 0 Å². The quantitative estimate of drug-likeness (QED) is 0.258. The summed E-state index contributed by atoms with van der Waals surface area (Å²) in [5.74, 6) is -1.45. The highest BCUT2D eigenvalue weighted by Gasteiger charge is 2.27. The number of carbonyl (C=O) groups is 2. The van der Waals surface area contributed by atoms with Crippen molar-refractivity contribution < 1.29 is 24.0 Å². The van der Waals surface area contributed by atoms with Gasteiger partial charge in [-0.3, -0.25) is 24.7 Å². The minimum absolute atomic E-state index is 0.0529. The first kappa shape index (κ1) is 25.8. The highest BCUT2D eigenvalue weighted by atomic mass is 19.1. The van der Waals surface area contributed by atoms with Gasteiger partial charge in [0.1, 0.15) is 11.6 Å². The number of piperidine rings is 1. The molecule has 0 bridgehead atoms. The first-order valence-corrected chi connectivity index (χ1v) is 12.4. The van der Waals surface area contributed by atoms with E-state index in [0.29, 0.717) is 53.8 Å². The lowest BCUT2D eigenvalue weighted by molar-refractivity contribution is -0.385. The van der Waals surface area contributed by atoms with Crippen LogP contribution in [0.5, 0.6) is 5.75 Å². The fraction of sp³-hybridized carbons (Fsp3) is 0.207. The van der Waals surface area contributed by atoms with Crippen molar-refractivity contribution in [2.24, 2.45) is 0 Å². The number of aryl methyl sites for hydroxylation is 1. The van der Waals surface area contributed by atoms with Gasteiger partial charge in [-0.1, -0.05) is 12.1 Å². The Hall–Kier alpha value is -4.86. The van der Waals surface area contributed by atoms with E-state index in [1.165, 1.54) is 12.1 Å². The summed E-state index contributed by atoms with van der Waals surface area (Å²) in [4.78, 5) is 42.0. The number of nitro benzene ring substituents is 1. The zero-order valence-electron chi connectivity index (χ0n) is 21.1. The van der Waals surface area contributed by atoms with Gasteiger partial charge in [0.05, 0.1) is 27.6 Å². The van der Waals surface area contributed by atoms with E-state index in [4.69, 9.17) is 0 Å². The molecule has 2 heterocycles. The largest absolute Gasteiger partial charge is 0.508 e. The van der Waals surface area contributed by atoms with E-state index in [1.54, 1.807) is 24.0 Å². The summed E-state index contributed by atoms with van der Waals surface area (Å²) in [7, 11) is 0. The minimum atomic E-state index is -0.902. The van der Waals surface area contributed by atoms with Gasteiger partial charge in [0.25, 0.3) is 17.5 Å². The standard InChI is InChI=1S/C29H25FN4O5/c1-17-14-25(24-16-22(35)7-9-27(24)31-17)28(36)32-20-4-2-18(3-5-20)19-10-12-33(13-11-19)29(37)23-8-6-21(34(38)39)15-26(23)30/h2-9,14-16,19,35H,10-13H2,1H3,(H,32,36). The maximum atomic E-state index is 14.3. The Kier molecular flexibility index (Phi) is 6.93. The third-order valence-electron chi connectivity index (χ3n) is 6.98. The molecule has 10 heteroatoms. The maximum Gasteiger partial charge on any atom is 0.272 e. The SMILES string of the molecule is Cc1cc(C(=O)Nc2ccc(C3CCN(C(=O)c4ccc([N+](=O)[O-])cc4F)CC3)cc2)c2cc(O)ccc2n1. The molecule has 0 radical (unpaired) electrons. The van der Waals surface area contributed by atoms with Crippen LogP contribution in [0.1, 0.15) is 50.7 Å². The van der Waals surface area contributed by atoms with Crippen LogP contribution in [-0.2, 0) is 0 Å². The average molecular weight is 529 g/mol. The number of rotatable bonds is 5. The number of halogens is 1. The van der Waals surface area contributed by atoms with Crippen LogP contribution in [0, 0.1) is 22.9 Å². The molecule has 5 rings (SSSR count). The van der Waals surface area contributed by atoms with Crippen molar-refractivity contribution in [3.05, 3.63) is 105 Å². The lowest BCUT2D eigenvalue weighted by atomic mass is 9.89. The lowest BCUT2D eigenvalue weighted by Gasteiger charge is -2.32. The van der Waals surface area contributed by atoms with Gasteiger partial charge in [0.2, 0.25) is 0 Å². The summed E-state index contributed by atoms with van der Waals surface area (Å²) in [5.41, 5.74) is 2.84. The Morgan fingerprint density at radius 1 is 1.03 bits per heavy atom. The summed E-state index contributed by atoms with van der Waals surface area (Å²) in [5, 5.41) is 24.2. The molecule has 0 unspecified atom stereocenters. The third kappa shape index (κ3) is 5.40. The van der Waals surface area contributed by atoms with Crippen molar-refractivity contribution in [2.75, 3.05) is 18.4 Å². The number of fused-ring (bicyclic) bond motifs is 1. The molecule has 0 spiro atoms. The first-order valence-electron chi connectivity index (χ1n) is 12.4. The number of benzene rings is 3. The zero-order valence-corrected chi connectivity index (χ0v) is 21.1. The van der Waals surface area contributed by atoms with Crippen molar-refractivity contribution in [2.45, 2.75) is 25.7 Å². The highest BCUT2D eigenvalue weighted by Crippen LogP contribution is 2.30. The molecule has 0 aliphatic carbocycles. The summed E-state index contributed by atoms with van der Waals surface area (Å²) < 4.78 is 14.3. The molecular weight excluding hydrogens is 503 g/mol. The van der Waals surface area contributed by atoms with Gasteiger partial charge in [-0.2, -0.15) is 0 Å². The average Bonchev–Trinajstić information content (AvgIpc) is 2.93. The van der Waals surface area contributed by atoms with E-state index in [1.807, 2.05) is 24.3 Å². The van der Waals surface area contributed by atoms with E-state index >= 15 is 0 Å². The zero-order chi connectivity index (χ0) is 27.7. The number of phenolic OH excluding ortho intramolecular Hbond substituents is 1. The molecule has 1 aromatic heterocycles. The number of aromatic nitrogens is 1. The van der Waals surface area contributed by atoms with Crippen LogP contribution < -0.4 is 5.32 Å². The predicted octanol–water partition coefficient (Wildman–Crippen LogP) is 5.57. The number of likely N-dealkylation sites (tertiary alicyclic amines) is 1. The monoisotopic (exact) mass is 528 g/mol. The molecule has 9 nitrogen and oxygen atoms in total. The van der Waals surface area contributed by atoms with Crippen LogP contribution in [-0.4, -0.2) is 44.8 Å². The summed E-state index contributed by atoms with van der Waals surface area (Å²) in [6.07, 6.45) is 1.36. The van der Waals surface area contributed by atoms with Crippen molar-refractivity contribution in [1.29, 1.82) is 0 Å². The number of amides is 2. The van der Waals surface area contributed by atoms with E-state index < -0.39 is 22.3 Å². The number of hydrogen-bond acceptors (Lipinski definition) is 6. The van der Waals surface area contributed by atoms with Gasteiger partial charge in [-0.25, -0.2) is 4.39 Å². The molecule has 3 aromatic carbocycles.